The van der Waals surface area contributed by atoms with Crippen molar-refractivity contribution in [3.63, 3.8) is 0 Å². The minimum absolute atomic E-state index is 0.0592. The summed E-state index contributed by atoms with van der Waals surface area (Å²) in [4.78, 5) is 41.0. The van der Waals surface area contributed by atoms with Crippen molar-refractivity contribution in [2.75, 3.05) is 18.8 Å². The molecule has 0 aliphatic heterocycles. The SMILES string of the molecule is C[C@H](CN(C(=O)CCCc1ccnc(N)c1)C(=O)CNC1CC1)C(=O)O. The summed E-state index contributed by atoms with van der Waals surface area (Å²) in [5.74, 6) is -2.13. The first kappa shape index (κ1) is 19.8. The highest BCUT2D eigenvalue weighted by atomic mass is 16.4. The lowest BCUT2D eigenvalue weighted by Crippen LogP contribution is -2.45. The van der Waals surface area contributed by atoms with Crippen LogP contribution in [0, 0.1) is 5.92 Å². The minimum atomic E-state index is -1.03. The maximum absolute atomic E-state index is 12.5. The number of amides is 2. The highest BCUT2D eigenvalue weighted by Gasteiger charge is 2.28. The van der Waals surface area contributed by atoms with Crippen molar-refractivity contribution in [3.05, 3.63) is 23.9 Å². The van der Waals surface area contributed by atoms with Gasteiger partial charge in [0, 0.05) is 25.2 Å². The molecular weight excluding hydrogens is 336 g/mol. The molecule has 1 aliphatic carbocycles. The molecule has 1 aromatic rings. The van der Waals surface area contributed by atoms with E-state index in [1.54, 1.807) is 12.3 Å². The number of nitrogens with two attached hydrogens (primary N) is 1. The number of carbonyl (C=O) groups is 3. The number of rotatable bonds is 10. The summed E-state index contributed by atoms with van der Waals surface area (Å²) in [7, 11) is 0. The lowest BCUT2D eigenvalue weighted by atomic mass is 10.1. The van der Waals surface area contributed by atoms with Crippen molar-refractivity contribution in [1.82, 2.24) is 15.2 Å². The van der Waals surface area contributed by atoms with Crippen molar-refractivity contribution in [2.45, 2.75) is 45.1 Å². The van der Waals surface area contributed by atoms with Crippen LogP contribution in [0.5, 0.6) is 0 Å². The first-order chi connectivity index (χ1) is 12.4. The van der Waals surface area contributed by atoms with Crippen molar-refractivity contribution in [3.8, 4) is 0 Å². The van der Waals surface area contributed by atoms with Crippen LogP contribution in [-0.2, 0) is 20.8 Å². The van der Waals surface area contributed by atoms with Crippen LogP contribution < -0.4 is 11.1 Å². The number of nitrogens with one attached hydrogen (secondary N) is 1. The van der Waals surface area contributed by atoms with Crippen molar-refractivity contribution in [2.24, 2.45) is 5.92 Å². The number of carbonyl (C=O) groups excluding carboxylic acids is 2. The molecule has 2 rings (SSSR count). The van der Waals surface area contributed by atoms with Crippen LogP contribution in [0.3, 0.4) is 0 Å². The predicted octanol–water partition coefficient (Wildman–Crippen LogP) is 0.814. The molecule has 1 atom stereocenters. The number of imide groups is 1. The number of anilines is 1. The molecule has 8 nitrogen and oxygen atoms in total. The summed E-state index contributed by atoms with van der Waals surface area (Å²) in [5, 5.41) is 12.2. The van der Waals surface area contributed by atoms with Gasteiger partial charge in [-0.2, -0.15) is 0 Å². The smallest absolute Gasteiger partial charge is 0.308 e. The van der Waals surface area contributed by atoms with Crippen LogP contribution in [0.15, 0.2) is 18.3 Å². The third-order valence-corrected chi connectivity index (χ3v) is 4.30. The quantitative estimate of drug-likeness (QED) is 0.562. The van der Waals surface area contributed by atoms with E-state index in [4.69, 9.17) is 10.8 Å². The standard InChI is InChI=1S/C18H26N4O4/c1-12(18(25)26)11-22(17(24)10-21-14-5-6-14)16(23)4-2-3-13-7-8-20-15(19)9-13/h7-9,12,14,21H,2-6,10-11H2,1H3,(H2,19,20)(H,25,26)/t12-/m1/s1. The lowest BCUT2D eigenvalue weighted by Gasteiger charge is -2.23. The number of carboxylic acids is 1. The van der Waals surface area contributed by atoms with E-state index >= 15 is 0 Å². The van der Waals surface area contributed by atoms with Crippen molar-refractivity contribution >= 4 is 23.6 Å². The molecule has 26 heavy (non-hydrogen) atoms. The van der Waals surface area contributed by atoms with Gasteiger partial charge in [0.05, 0.1) is 12.5 Å². The molecule has 1 aliphatic rings. The van der Waals surface area contributed by atoms with E-state index < -0.39 is 11.9 Å². The molecule has 0 bridgehead atoms. The predicted molar refractivity (Wildman–Crippen MR) is 96.1 cm³/mol. The average molecular weight is 362 g/mol. The normalized spacial score (nSPS) is 14.7. The van der Waals surface area contributed by atoms with E-state index in [9.17, 15) is 14.4 Å². The Balaban J connectivity index is 1.89. The highest BCUT2D eigenvalue weighted by Crippen LogP contribution is 2.18. The highest BCUT2D eigenvalue weighted by molar-refractivity contribution is 5.96. The Bertz CT molecular complexity index is 660. The molecule has 2 amide bonds. The van der Waals surface area contributed by atoms with Gasteiger partial charge < -0.3 is 16.2 Å². The van der Waals surface area contributed by atoms with Gasteiger partial charge in [-0.25, -0.2) is 4.98 Å². The van der Waals surface area contributed by atoms with Gasteiger partial charge in [-0.15, -0.1) is 0 Å². The Morgan fingerprint density at radius 1 is 1.38 bits per heavy atom. The molecule has 1 aromatic heterocycles. The number of hydrogen-bond donors (Lipinski definition) is 3. The van der Waals surface area contributed by atoms with Gasteiger partial charge in [0.15, 0.2) is 0 Å². The average Bonchev–Trinajstić information content (AvgIpc) is 3.41. The second-order valence-corrected chi connectivity index (χ2v) is 6.74. The van der Waals surface area contributed by atoms with Crippen molar-refractivity contribution < 1.29 is 19.5 Å². The number of aryl methyl sites for hydroxylation is 1. The fourth-order valence-electron chi connectivity index (χ4n) is 2.54. The van der Waals surface area contributed by atoms with Crippen molar-refractivity contribution in [1.29, 1.82) is 0 Å². The third kappa shape index (κ3) is 6.44. The summed E-state index contributed by atoms with van der Waals surface area (Å²) >= 11 is 0. The monoisotopic (exact) mass is 362 g/mol. The van der Waals surface area contributed by atoms with E-state index in [1.165, 1.54) is 6.92 Å². The van der Waals surface area contributed by atoms with Crippen LogP contribution >= 0.6 is 0 Å². The van der Waals surface area contributed by atoms with E-state index in [1.807, 2.05) is 6.07 Å². The third-order valence-electron chi connectivity index (χ3n) is 4.30. The fourth-order valence-corrected chi connectivity index (χ4v) is 2.54. The first-order valence-corrected chi connectivity index (χ1v) is 8.86. The second-order valence-electron chi connectivity index (χ2n) is 6.74. The van der Waals surface area contributed by atoms with E-state index in [0.717, 1.165) is 23.3 Å². The zero-order valence-corrected chi connectivity index (χ0v) is 15.0. The van der Waals surface area contributed by atoms with Gasteiger partial charge in [-0.3, -0.25) is 19.3 Å². The Morgan fingerprint density at radius 3 is 2.73 bits per heavy atom. The summed E-state index contributed by atoms with van der Waals surface area (Å²) in [6.07, 6.45) is 5.02. The van der Waals surface area contributed by atoms with Gasteiger partial charge in [0.2, 0.25) is 11.8 Å². The van der Waals surface area contributed by atoms with Gasteiger partial charge in [-0.05, 0) is 43.4 Å². The van der Waals surface area contributed by atoms with Gasteiger partial charge in [0.1, 0.15) is 5.82 Å². The van der Waals surface area contributed by atoms with Crippen LogP contribution in [0.1, 0.15) is 38.2 Å². The molecular formula is C18H26N4O4. The molecule has 1 saturated carbocycles. The van der Waals surface area contributed by atoms with Gasteiger partial charge in [-0.1, -0.05) is 6.92 Å². The van der Waals surface area contributed by atoms with Crippen LogP contribution in [0.4, 0.5) is 5.82 Å². The zero-order valence-electron chi connectivity index (χ0n) is 15.0. The first-order valence-electron chi connectivity index (χ1n) is 8.86. The van der Waals surface area contributed by atoms with Crippen LogP contribution in [0.2, 0.25) is 0 Å². The molecule has 4 N–H and O–H groups in total. The van der Waals surface area contributed by atoms with Gasteiger partial charge >= 0.3 is 5.97 Å². The van der Waals surface area contributed by atoms with Crippen LogP contribution in [-0.4, -0.2) is 51.9 Å². The molecule has 0 unspecified atom stereocenters. The minimum Gasteiger partial charge on any atom is -0.481 e. The Labute approximate surface area is 152 Å². The second kappa shape index (κ2) is 9.28. The number of aliphatic carboxylic acids is 1. The number of pyridine rings is 1. The fraction of sp³-hybridized carbons (Fsp3) is 0.556. The zero-order chi connectivity index (χ0) is 19.1. The Kier molecular flexibility index (Phi) is 7.08. The molecule has 0 radical (unpaired) electrons. The topological polar surface area (TPSA) is 126 Å². The number of nitrogen functional groups attached to an aromatic ring is 1. The number of hydrogen-bond acceptors (Lipinski definition) is 6. The molecule has 8 heteroatoms. The number of aromatic nitrogens is 1. The largest absolute Gasteiger partial charge is 0.481 e. The van der Waals surface area contributed by atoms with Crippen LogP contribution in [0.25, 0.3) is 0 Å². The number of nitrogens with zero attached hydrogens (tertiary/aromatic N) is 2. The van der Waals surface area contributed by atoms with E-state index in [2.05, 4.69) is 10.3 Å². The number of carboxylic acid groups (broad SMARTS) is 1. The molecule has 1 fully saturated rings. The molecule has 0 spiro atoms. The summed E-state index contributed by atoms with van der Waals surface area (Å²) < 4.78 is 0. The molecule has 142 valence electrons. The van der Waals surface area contributed by atoms with E-state index in [0.29, 0.717) is 24.7 Å². The lowest BCUT2D eigenvalue weighted by molar-refractivity contribution is -0.148. The van der Waals surface area contributed by atoms with Gasteiger partial charge in [0.25, 0.3) is 0 Å². The molecule has 1 heterocycles. The van der Waals surface area contributed by atoms with E-state index in [-0.39, 0.29) is 31.3 Å². The summed E-state index contributed by atoms with van der Waals surface area (Å²) in [6, 6.07) is 3.92. The summed E-state index contributed by atoms with van der Waals surface area (Å²) in [5.41, 5.74) is 6.60. The molecule has 0 aromatic carbocycles. The maximum Gasteiger partial charge on any atom is 0.308 e. The Morgan fingerprint density at radius 2 is 2.12 bits per heavy atom. The molecule has 0 saturated heterocycles. The Hall–Kier alpha value is -2.48. The maximum atomic E-state index is 12.5. The summed E-state index contributed by atoms with van der Waals surface area (Å²) in [6.45, 7) is 1.44.